The molecule has 0 N–H and O–H groups in total. The van der Waals surface area contributed by atoms with E-state index in [1.54, 1.807) is 6.07 Å². The highest BCUT2D eigenvalue weighted by atomic mass is 19.2. The lowest BCUT2D eigenvalue weighted by Gasteiger charge is -2.29. The van der Waals surface area contributed by atoms with Crippen molar-refractivity contribution in [2.75, 3.05) is 7.11 Å². The van der Waals surface area contributed by atoms with Crippen LogP contribution in [-0.4, -0.2) is 7.11 Å². The highest BCUT2D eigenvalue weighted by molar-refractivity contribution is 5.71. The van der Waals surface area contributed by atoms with E-state index in [0.29, 0.717) is 12.0 Å². The van der Waals surface area contributed by atoms with Gasteiger partial charge in [0.05, 0.1) is 7.11 Å². The number of rotatable bonds is 7. The maximum absolute atomic E-state index is 15.3. The lowest BCUT2D eigenvalue weighted by molar-refractivity contribution is 0.252. The second kappa shape index (κ2) is 10.1. The molecule has 0 aliphatic heterocycles. The topological polar surface area (TPSA) is 9.23 Å². The fourth-order valence-corrected chi connectivity index (χ4v) is 5.51. The van der Waals surface area contributed by atoms with Gasteiger partial charge in [0.2, 0.25) is 5.82 Å². The summed E-state index contributed by atoms with van der Waals surface area (Å²) in [5.74, 6) is -1.06. The summed E-state index contributed by atoms with van der Waals surface area (Å²) < 4.78 is 48.8. The Bertz CT molecular complexity index is 987. The van der Waals surface area contributed by atoms with Crippen molar-refractivity contribution in [1.82, 2.24) is 0 Å². The van der Waals surface area contributed by atoms with Crippen LogP contribution in [0.5, 0.6) is 5.75 Å². The third kappa shape index (κ3) is 4.74. The highest BCUT2D eigenvalue weighted by Gasteiger charge is 2.24. The van der Waals surface area contributed by atoms with Crippen molar-refractivity contribution in [2.24, 2.45) is 11.8 Å². The molecule has 172 valence electrons. The molecule has 4 rings (SSSR count). The van der Waals surface area contributed by atoms with Gasteiger partial charge in [-0.05, 0) is 60.8 Å². The van der Waals surface area contributed by atoms with Gasteiger partial charge in [-0.1, -0.05) is 69.2 Å². The van der Waals surface area contributed by atoms with Gasteiger partial charge in [-0.3, -0.25) is 0 Å². The van der Waals surface area contributed by atoms with Gasteiger partial charge in [0.15, 0.2) is 11.6 Å². The van der Waals surface area contributed by atoms with E-state index in [2.05, 4.69) is 13.0 Å². The van der Waals surface area contributed by atoms with Crippen LogP contribution >= 0.6 is 0 Å². The largest absolute Gasteiger partial charge is 0.494 e. The van der Waals surface area contributed by atoms with Crippen molar-refractivity contribution in [3.63, 3.8) is 0 Å². The van der Waals surface area contributed by atoms with Crippen LogP contribution in [0.4, 0.5) is 13.2 Å². The summed E-state index contributed by atoms with van der Waals surface area (Å²) >= 11 is 0. The Balaban J connectivity index is 1.46. The molecule has 0 heterocycles. The Morgan fingerprint density at radius 3 is 2.16 bits per heavy atom. The quantitative estimate of drug-likeness (QED) is 0.418. The van der Waals surface area contributed by atoms with E-state index < -0.39 is 17.5 Å². The minimum absolute atomic E-state index is 0.0722. The van der Waals surface area contributed by atoms with Gasteiger partial charge in [-0.2, -0.15) is 4.39 Å². The Kier molecular flexibility index (Phi) is 7.27. The molecule has 1 nitrogen and oxygen atoms in total. The van der Waals surface area contributed by atoms with Gasteiger partial charge in [0.25, 0.3) is 0 Å². The SMILES string of the molecule is CCCC1CCC(CCC2=Cc3ccc(-c4ccc(OC)c(F)c4F)c(F)c3CC2)CC1. The van der Waals surface area contributed by atoms with Crippen LogP contribution in [0.25, 0.3) is 17.2 Å². The van der Waals surface area contributed by atoms with Crippen molar-refractivity contribution in [3.8, 4) is 16.9 Å². The fourth-order valence-electron chi connectivity index (χ4n) is 5.51. The first kappa shape index (κ1) is 22.9. The van der Waals surface area contributed by atoms with E-state index in [0.717, 1.165) is 30.2 Å². The van der Waals surface area contributed by atoms with Crippen LogP contribution in [0.3, 0.4) is 0 Å². The third-order valence-corrected chi connectivity index (χ3v) is 7.43. The van der Waals surface area contributed by atoms with Gasteiger partial charge in [-0.15, -0.1) is 0 Å². The number of methoxy groups -OCH3 is 1. The van der Waals surface area contributed by atoms with Crippen molar-refractivity contribution in [2.45, 2.75) is 71.1 Å². The van der Waals surface area contributed by atoms with Gasteiger partial charge in [0.1, 0.15) is 5.82 Å². The first-order valence-corrected chi connectivity index (χ1v) is 12.0. The minimum Gasteiger partial charge on any atom is -0.494 e. The lowest BCUT2D eigenvalue weighted by Crippen LogP contribution is -2.15. The molecular weight excluding hydrogens is 409 g/mol. The van der Waals surface area contributed by atoms with Crippen LogP contribution in [0.15, 0.2) is 29.8 Å². The van der Waals surface area contributed by atoms with E-state index in [4.69, 9.17) is 4.74 Å². The summed E-state index contributed by atoms with van der Waals surface area (Å²) in [6, 6.07) is 6.11. The molecule has 0 spiro atoms. The molecule has 1 saturated carbocycles. The molecule has 2 aliphatic rings. The fraction of sp³-hybridized carbons (Fsp3) is 0.500. The summed E-state index contributed by atoms with van der Waals surface area (Å²) in [5, 5.41) is 0. The molecule has 0 radical (unpaired) electrons. The first-order chi connectivity index (χ1) is 15.5. The van der Waals surface area contributed by atoms with Crippen LogP contribution in [-0.2, 0) is 6.42 Å². The van der Waals surface area contributed by atoms with Crippen LogP contribution in [0.2, 0.25) is 0 Å². The number of allylic oxidation sites excluding steroid dienone is 1. The maximum Gasteiger partial charge on any atom is 0.201 e. The standard InChI is InChI=1S/C28H33F3O/c1-3-4-18-5-7-19(8-6-18)9-10-20-11-13-22-21(17-20)12-14-23(26(22)29)24-15-16-25(32-2)28(31)27(24)30/h12,14-19H,3-11,13H2,1-2H3. The summed E-state index contributed by atoms with van der Waals surface area (Å²) in [5.41, 5.74) is 2.87. The number of ether oxygens (including phenoxy) is 1. The van der Waals surface area contributed by atoms with Gasteiger partial charge < -0.3 is 4.74 Å². The molecule has 0 saturated heterocycles. The van der Waals surface area contributed by atoms with Crippen LogP contribution < -0.4 is 4.74 Å². The third-order valence-electron chi connectivity index (χ3n) is 7.43. The molecule has 1 fully saturated rings. The molecular formula is C28H33F3O. The number of benzene rings is 2. The second-order valence-corrected chi connectivity index (χ2v) is 9.45. The zero-order chi connectivity index (χ0) is 22.7. The van der Waals surface area contributed by atoms with Crippen LogP contribution in [0, 0.1) is 29.3 Å². The summed E-state index contributed by atoms with van der Waals surface area (Å²) in [7, 11) is 1.28. The molecule has 0 bridgehead atoms. The predicted octanol–water partition coefficient (Wildman–Crippen LogP) is 8.50. The predicted molar refractivity (Wildman–Crippen MR) is 124 cm³/mol. The Hall–Kier alpha value is -2.23. The average molecular weight is 443 g/mol. The van der Waals surface area contributed by atoms with E-state index >= 15 is 4.39 Å². The summed E-state index contributed by atoms with van der Waals surface area (Å²) in [6.45, 7) is 2.27. The van der Waals surface area contributed by atoms with Crippen molar-refractivity contribution in [3.05, 3.63) is 58.4 Å². The van der Waals surface area contributed by atoms with Crippen molar-refractivity contribution < 1.29 is 17.9 Å². The first-order valence-electron chi connectivity index (χ1n) is 12.0. The molecule has 0 amide bonds. The smallest absolute Gasteiger partial charge is 0.201 e. The Labute approximate surface area is 189 Å². The molecule has 2 aromatic rings. The molecule has 0 unspecified atom stereocenters. The van der Waals surface area contributed by atoms with Crippen molar-refractivity contribution >= 4 is 6.08 Å². The zero-order valence-electron chi connectivity index (χ0n) is 19.2. The van der Waals surface area contributed by atoms with Gasteiger partial charge in [0, 0.05) is 11.1 Å². The number of halogens is 3. The Morgan fingerprint density at radius 2 is 1.47 bits per heavy atom. The lowest BCUT2D eigenvalue weighted by atomic mass is 9.77. The average Bonchev–Trinajstić information content (AvgIpc) is 2.81. The summed E-state index contributed by atoms with van der Waals surface area (Å²) in [6.07, 6.45) is 13.9. The van der Waals surface area contributed by atoms with E-state index in [-0.39, 0.29) is 16.9 Å². The summed E-state index contributed by atoms with van der Waals surface area (Å²) in [4.78, 5) is 0. The zero-order valence-corrected chi connectivity index (χ0v) is 19.2. The Morgan fingerprint density at radius 1 is 0.812 bits per heavy atom. The number of hydrogen-bond acceptors (Lipinski definition) is 1. The monoisotopic (exact) mass is 442 g/mol. The normalized spacial score (nSPS) is 20.6. The molecule has 0 aromatic heterocycles. The molecule has 4 heteroatoms. The number of fused-ring (bicyclic) bond motifs is 1. The maximum atomic E-state index is 15.3. The van der Waals surface area contributed by atoms with Gasteiger partial charge in [-0.25, -0.2) is 8.78 Å². The molecule has 2 aromatic carbocycles. The van der Waals surface area contributed by atoms with Crippen LogP contribution in [0.1, 0.15) is 75.8 Å². The molecule has 2 aliphatic carbocycles. The highest BCUT2D eigenvalue weighted by Crippen LogP contribution is 2.38. The second-order valence-electron chi connectivity index (χ2n) is 9.45. The van der Waals surface area contributed by atoms with Crippen molar-refractivity contribution in [1.29, 1.82) is 0 Å². The number of hydrogen-bond donors (Lipinski definition) is 0. The van der Waals surface area contributed by atoms with E-state index in [1.165, 1.54) is 69.8 Å². The van der Waals surface area contributed by atoms with Gasteiger partial charge >= 0.3 is 0 Å². The molecule has 32 heavy (non-hydrogen) atoms. The minimum atomic E-state index is -1.09. The van der Waals surface area contributed by atoms with E-state index in [1.807, 2.05) is 6.07 Å². The molecule has 0 atom stereocenters. The van der Waals surface area contributed by atoms with E-state index in [9.17, 15) is 8.78 Å².